The van der Waals surface area contributed by atoms with Gasteiger partial charge in [0.15, 0.2) is 0 Å². The largest absolute Gasteiger partial charge is 0.389 e. The van der Waals surface area contributed by atoms with Crippen LogP contribution in [-0.2, 0) is 0 Å². The van der Waals surface area contributed by atoms with E-state index in [1.54, 1.807) is 0 Å². The van der Waals surface area contributed by atoms with E-state index in [1.165, 1.54) is 12.8 Å². The Morgan fingerprint density at radius 3 is 2.79 bits per heavy atom. The zero-order valence-corrected chi connectivity index (χ0v) is 9.55. The molecule has 14 heavy (non-hydrogen) atoms. The Balaban J connectivity index is 1.98. The minimum atomic E-state index is -0.434. The van der Waals surface area contributed by atoms with Gasteiger partial charge < -0.3 is 15.3 Å². The van der Waals surface area contributed by atoms with Crippen LogP contribution in [0.15, 0.2) is 0 Å². The van der Waals surface area contributed by atoms with Crippen molar-refractivity contribution in [3.8, 4) is 0 Å². The molecular weight excluding hydrogens is 176 g/mol. The summed E-state index contributed by atoms with van der Waals surface area (Å²) in [5, 5.41) is 13.1. The first-order chi connectivity index (χ1) is 6.64. The SMILES string of the molecule is CCCNCCCN1CCC(C)(O)C1. The van der Waals surface area contributed by atoms with Crippen molar-refractivity contribution in [3.05, 3.63) is 0 Å². The lowest BCUT2D eigenvalue weighted by Gasteiger charge is -2.18. The van der Waals surface area contributed by atoms with Gasteiger partial charge in [0.05, 0.1) is 5.60 Å². The van der Waals surface area contributed by atoms with E-state index in [2.05, 4.69) is 17.1 Å². The molecule has 1 saturated heterocycles. The maximum absolute atomic E-state index is 9.75. The second kappa shape index (κ2) is 5.69. The highest BCUT2D eigenvalue weighted by molar-refractivity contribution is 4.85. The standard InChI is InChI=1S/C11H24N2O/c1-3-6-12-7-4-8-13-9-5-11(2,14)10-13/h12,14H,3-10H2,1-2H3. The maximum Gasteiger partial charge on any atom is 0.0758 e. The zero-order chi connectivity index (χ0) is 10.4. The van der Waals surface area contributed by atoms with Crippen LogP contribution in [0.4, 0.5) is 0 Å². The van der Waals surface area contributed by atoms with Gasteiger partial charge in [0.25, 0.3) is 0 Å². The summed E-state index contributed by atoms with van der Waals surface area (Å²) in [6, 6.07) is 0. The molecule has 0 aromatic heterocycles. The molecule has 0 bridgehead atoms. The van der Waals surface area contributed by atoms with E-state index in [-0.39, 0.29) is 0 Å². The van der Waals surface area contributed by atoms with Gasteiger partial charge in [0.2, 0.25) is 0 Å². The van der Waals surface area contributed by atoms with Crippen molar-refractivity contribution < 1.29 is 5.11 Å². The Labute approximate surface area is 87.5 Å². The molecule has 0 aromatic rings. The molecule has 1 unspecified atom stereocenters. The normalized spacial score (nSPS) is 28.5. The van der Waals surface area contributed by atoms with Crippen LogP contribution in [0.1, 0.15) is 33.1 Å². The van der Waals surface area contributed by atoms with Crippen molar-refractivity contribution >= 4 is 0 Å². The summed E-state index contributed by atoms with van der Waals surface area (Å²) in [7, 11) is 0. The van der Waals surface area contributed by atoms with Gasteiger partial charge >= 0.3 is 0 Å². The predicted molar refractivity (Wildman–Crippen MR) is 59.5 cm³/mol. The Hall–Kier alpha value is -0.120. The Morgan fingerprint density at radius 2 is 2.21 bits per heavy atom. The summed E-state index contributed by atoms with van der Waals surface area (Å²) in [5.74, 6) is 0. The topological polar surface area (TPSA) is 35.5 Å². The van der Waals surface area contributed by atoms with Crippen molar-refractivity contribution in [2.24, 2.45) is 0 Å². The highest BCUT2D eigenvalue weighted by Crippen LogP contribution is 2.19. The molecule has 0 amide bonds. The molecule has 1 rings (SSSR count). The molecule has 1 aliphatic rings. The number of nitrogens with one attached hydrogen (secondary N) is 1. The van der Waals surface area contributed by atoms with Gasteiger partial charge in [0, 0.05) is 13.1 Å². The smallest absolute Gasteiger partial charge is 0.0758 e. The number of aliphatic hydroxyl groups is 1. The summed E-state index contributed by atoms with van der Waals surface area (Å²) in [4.78, 5) is 2.35. The lowest BCUT2D eigenvalue weighted by molar-refractivity contribution is 0.0687. The van der Waals surface area contributed by atoms with Crippen LogP contribution in [0.5, 0.6) is 0 Å². The van der Waals surface area contributed by atoms with E-state index in [4.69, 9.17) is 0 Å². The molecule has 3 heteroatoms. The number of β-amino-alcohol motifs (C(OH)–C–C–N with tert-alkyl or cyclic N) is 1. The van der Waals surface area contributed by atoms with Crippen molar-refractivity contribution in [3.63, 3.8) is 0 Å². The Kier molecular flexibility index (Phi) is 4.85. The molecule has 1 atom stereocenters. The highest BCUT2D eigenvalue weighted by Gasteiger charge is 2.30. The summed E-state index contributed by atoms with van der Waals surface area (Å²) in [5.41, 5.74) is -0.434. The van der Waals surface area contributed by atoms with Crippen LogP contribution < -0.4 is 5.32 Å². The van der Waals surface area contributed by atoms with Crippen LogP contribution in [0.25, 0.3) is 0 Å². The van der Waals surface area contributed by atoms with E-state index in [0.29, 0.717) is 0 Å². The van der Waals surface area contributed by atoms with E-state index in [1.807, 2.05) is 6.92 Å². The maximum atomic E-state index is 9.75. The molecule has 84 valence electrons. The molecule has 3 nitrogen and oxygen atoms in total. The quantitative estimate of drug-likeness (QED) is 0.624. The number of nitrogens with zero attached hydrogens (tertiary/aromatic N) is 1. The predicted octanol–water partition coefficient (Wildman–Crippen LogP) is 0.833. The fraction of sp³-hybridized carbons (Fsp3) is 1.00. The van der Waals surface area contributed by atoms with Gasteiger partial charge in [0.1, 0.15) is 0 Å². The van der Waals surface area contributed by atoms with Crippen LogP contribution in [0.3, 0.4) is 0 Å². The molecule has 2 N–H and O–H groups in total. The lowest BCUT2D eigenvalue weighted by atomic mass is 10.1. The van der Waals surface area contributed by atoms with Crippen molar-refractivity contribution in [1.29, 1.82) is 0 Å². The highest BCUT2D eigenvalue weighted by atomic mass is 16.3. The zero-order valence-electron chi connectivity index (χ0n) is 9.55. The summed E-state index contributed by atoms with van der Waals surface area (Å²) in [6.45, 7) is 9.37. The average molecular weight is 200 g/mol. The first-order valence-corrected chi connectivity index (χ1v) is 5.79. The average Bonchev–Trinajstić information content (AvgIpc) is 2.45. The van der Waals surface area contributed by atoms with Gasteiger partial charge in [-0.15, -0.1) is 0 Å². The third kappa shape index (κ3) is 4.40. The van der Waals surface area contributed by atoms with Crippen LogP contribution in [-0.4, -0.2) is 48.3 Å². The van der Waals surface area contributed by atoms with Gasteiger partial charge in [-0.25, -0.2) is 0 Å². The van der Waals surface area contributed by atoms with E-state index >= 15 is 0 Å². The third-order valence-electron chi connectivity index (χ3n) is 2.79. The lowest BCUT2D eigenvalue weighted by Crippen LogP contribution is -2.31. The van der Waals surface area contributed by atoms with Crippen LogP contribution in [0, 0.1) is 0 Å². The second-order valence-electron chi connectivity index (χ2n) is 4.63. The molecule has 0 spiro atoms. The van der Waals surface area contributed by atoms with E-state index in [9.17, 15) is 5.11 Å². The van der Waals surface area contributed by atoms with Crippen molar-refractivity contribution in [1.82, 2.24) is 10.2 Å². The first-order valence-electron chi connectivity index (χ1n) is 5.79. The fourth-order valence-electron chi connectivity index (χ4n) is 1.96. The third-order valence-corrected chi connectivity index (χ3v) is 2.79. The molecule has 0 aliphatic carbocycles. The van der Waals surface area contributed by atoms with Gasteiger partial charge in [-0.2, -0.15) is 0 Å². The van der Waals surface area contributed by atoms with E-state index < -0.39 is 5.60 Å². The minimum absolute atomic E-state index is 0.434. The van der Waals surface area contributed by atoms with Crippen LogP contribution in [0.2, 0.25) is 0 Å². The molecule has 1 fully saturated rings. The molecular formula is C11H24N2O. The van der Waals surface area contributed by atoms with E-state index in [0.717, 1.165) is 39.1 Å². The van der Waals surface area contributed by atoms with Crippen molar-refractivity contribution in [2.45, 2.75) is 38.7 Å². The summed E-state index contributed by atoms with van der Waals surface area (Å²) in [6.07, 6.45) is 3.32. The van der Waals surface area contributed by atoms with Gasteiger partial charge in [-0.05, 0) is 45.8 Å². The minimum Gasteiger partial charge on any atom is -0.389 e. The molecule has 0 saturated carbocycles. The molecule has 0 aromatic carbocycles. The first kappa shape index (κ1) is 12.0. The molecule has 1 heterocycles. The number of rotatable bonds is 6. The summed E-state index contributed by atoms with van der Waals surface area (Å²) < 4.78 is 0. The molecule has 1 aliphatic heterocycles. The Bertz CT molecular complexity index is 159. The monoisotopic (exact) mass is 200 g/mol. The van der Waals surface area contributed by atoms with Crippen molar-refractivity contribution in [2.75, 3.05) is 32.7 Å². The number of hydrogen-bond acceptors (Lipinski definition) is 3. The van der Waals surface area contributed by atoms with Gasteiger partial charge in [-0.3, -0.25) is 0 Å². The Morgan fingerprint density at radius 1 is 1.43 bits per heavy atom. The summed E-state index contributed by atoms with van der Waals surface area (Å²) >= 11 is 0. The number of likely N-dealkylation sites (tertiary alicyclic amines) is 1. The second-order valence-corrected chi connectivity index (χ2v) is 4.63. The number of hydrogen-bond donors (Lipinski definition) is 2. The molecule has 0 radical (unpaired) electrons. The van der Waals surface area contributed by atoms with Gasteiger partial charge in [-0.1, -0.05) is 6.92 Å². The van der Waals surface area contributed by atoms with Crippen LogP contribution >= 0.6 is 0 Å². The fourth-order valence-corrected chi connectivity index (χ4v) is 1.96.